The Morgan fingerprint density at radius 3 is 2.60 bits per heavy atom. The maximum absolute atomic E-state index is 11.2. The Kier molecular flexibility index (Phi) is 3.65. The molecule has 2 N–H and O–H groups in total. The zero-order valence-electron chi connectivity index (χ0n) is 11.6. The van der Waals surface area contributed by atoms with Crippen LogP contribution in [0.4, 0.5) is 5.82 Å². The van der Waals surface area contributed by atoms with Crippen LogP contribution < -0.4 is 5.32 Å². The molecule has 0 aliphatic carbocycles. The van der Waals surface area contributed by atoms with Crippen molar-refractivity contribution in [3.8, 4) is 11.4 Å². The number of nitrogens with one attached hydrogen (secondary N) is 1. The van der Waals surface area contributed by atoms with E-state index in [-0.39, 0.29) is 11.2 Å². The van der Waals surface area contributed by atoms with Gasteiger partial charge in [0.1, 0.15) is 5.82 Å². The first-order chi connectivity index (χ1) is 9.35. The summed E-state index contributed by atoms with van der Waals surface area (Å²) in [6.45, 7) is 5.91. The maximum atomic E-state index is 11.2. The van der Waals surface area contributed by atoms with Crippen LogP contribution in [0, 0.1) is 0 Å². The van der Waals surface area contributed by atoms with Gasteiger partial charge in [0.05, 0.1) is 0 Å². The highest BCUT2D eigenvalue weighted by Crippen LogP contribution is 2.19. The topological polar surface area (TPSA) is 88.0 Å². The van der Waals surface area contributed by atoms with Crippen LogP contribution >= 0.6 is 0 Å². The molecule has 104 valence electrons. The third-order valence-electron chi connectivity index (χ3n) is 2.37. The molecule has 0 bridgehead atoms. The van der Waals surface area contributed by atoms with Crippen molar-refractivity contribution in [2.45, 2.75) is 26.3 Å². The highest BCUT2D eigenvalue weighted by molar-refractivity contribution is 5.87. The van der Waals surface area contributed by atoms with E-state index in [1.165, 1.54) is 6.07 Å². The molecule has 0 radical (unpaired) electrons. The molecule has 0 aliphatic rings. The molecule has 0 saturated heterocycles. The average Bonchev–Trinajstić information content (AvgIpc) is 2.37. The molecule has 0 amide bonds. The van der Waals surface area contributed by atoms with Crippen LogP contribution in [-0.2, 0) is 0 Å². The minimum Gasteiger partial charge on any atom is -0.477 e. The van der Waals surface area contributed by atoms with Crippen molar-refractivity contribution in [3.63, 3.8) is 0 Å². The summed E-state index contributed by atoms with van der Waals surface area (Å²) < 4.78 is 0. The summed E-state index contributed by atoms with van der Waals surface area (Å²) in [6, 6.07) is 4.96. The lowest BCUT2D eigenvalue weighted by Gasteiger charge is -2.21. The van der Waals surface area contributed by atoms with E-state index >= 15 is 0 Å². The fourth-order valence-corrected chi connectivity index (χ4v) is 1.63. The predicted octanol–water partition coefficient (Wildman–Crippen LogP) is 2.45. The number of anilines is 1. The van der Waals surface area contributed by atoms with E-state index in [2.05, 4.69) is 20.3 Å². The second-order valence-corrected chi connectivity index (χ2v) is 5.38. The molecule has 2 aromatic rings. The molecule has 2 rings (SSSR count). The third-order valence-corrected chi connectivity index (χ3v) is 2.37. The van der Waals surface area contributed by atoms with Gasteiger partial charge in [-0.05, 0) is 32.9 Å². The van der Waals surface area contributed by atoms with E-state index in [0.29, 0.717) is 17.2 Å². The summed E-state index contributed by atoms with van der Waals surface area (Å²) in [5.41, 5.74) is 0.397. The van der Waals surface area contributed by atoms with E-state index < -0.39 is 5.97 Å². The fourth-order valence-electron chi connectivity index (χ4n) is 1.63. The zero-order valence-corrected chi connectivity index (χ0v) is 11.6. The van der Waals surface area contributed by atoms with Crippen LogP contribution in [-0.4, -0.2) is 31.6 Å². The Morgan fingerprint density at radius 1 is 1.30 bits per heavy atom. The Hall–Kier alpha value is -2.50. The first kappa shape index (κ1) is 13.9. The SMILES string of the molecule is CC(C)(C)Nc1cc(C(=O)O)nc(-c2cccnc2)n1. The van der Waals surface area contributed by atoms with Crippen LogP contribution in [0.25, 0.3) is 11.4 Å². The Labute approximate surface area is 116 Å². The molecule has 0 atom stereocenters. The molecule has 0 aromatic carbocycles. The lowest BCUT2D eigenvalue weighted by Crippen LogP contribution is -2.27. The van der Waals surface area contributed by atoms with Gasteiger partial charge in [0.25, 0.3) is 0 Å². The van der Waals surface area contributed by atoms with Gasteiger partial charge in [-0.15, -0.1) is 0 Å². The lowest BCUT2D eigenvalue weighted by molar-refractivity contribution is 0.0690. The standard InChI is InChI=1S/C14H16N4O2/c1-14(2,3)18-11-7-10(13(19)20)16-12(17-11)9-5-4-6-15-8-9/h4-8H,1-3H3,(H,19,20)(H,16,17,18). The number of aromatic nitrogens is 3. The van der Waals surface area contributed by atoms with Crippen molar-refractivity contribution in [2.75, 3.05) is 5.32 Å². The minimum absolute atomic E-state index is 0.0504. The monoisotopic (exact) mass is 272 g/mol. The van der Waals surface area contributed by atoms with Crippen molar-refractivity contribution in [3.05, 3.63) is 36.3 Å². The van der Waals surface area contributed by atoms with Crippen LogP contribution in [0.15, 0.2) is 30.6 Å². The maximum Gasteiger partial charge on any atom is 0.354 e. The first-order valence-corrected chi connectivity index (χ1v) is 6.16. The highest BCUT2D eigenvalue weighted by atomic mass is 16.4. The van der Waals surface area contributed by atoms with Crippen LogP contribution in [0.2, 0.25) is 0 Å². The molecule has 0 fully saturated rings. The predicted molar refractivity (Wildman–Crippen MR) is 75.6 cm³/mol. The molecule has 20 heavy (non-hydrogen) atoms. The second-order valence-electron chi connectivity index (χ2n) is 5.38. The van der Waals surface area contributed by atoms with Crippen molar-refractivity contribution < 1.29 is 9.90 Å². The van der Waals surface area contributed by atoms with Crippen LogP contribution in [0.1, 0.15) is 31.3 Å². The Bertz CT molecular complexity index is 621. The summed E-state index contributed by atoms with van der Waals surface area (Å²) >= 11 is 0. The molecule has 0 saturated carbocycles. The minimum atomic E-state index is -1.09. The van der Waals surface area contributed by atoms with E-state index in [1.54, 1.807) is 24.5 Å². The molecule has 6 nitrogen and oxygen atoms in total. The van der Waals surface area contributed by atoms with Crippen molar-refractivity contribution in [1.82, 2.24) is 15.0 Å². The van der Waals surface area contributed by atoms with Gasteiger partial charge < -0.3 is 10.4 Å². The first-order valence-electron chi connectivity index (χ1n) is 6.16. The van der Waals surface area contributed by atoms with Crippen LogP contribution in [0.5, 0.6) is 0 Å². The number of carboxylic acid groups (broad SMARTS) is 1. The molecule has 0 spiro atoms. The summed E-state index contributed by atoms with van der Waals surface area (Å²) in [5, 5.41) is 12.3. The van der Waals surface area contributed by atoms with Gasteiger partial charge in [0.15, 0.2) is 11.5 Å². The van der Waals surface area contributed by atoms with Crippen molar-refractivity contribution in [1.29, 1.82) is 0 Å². The Morgan fingerprint density at radius 2 is 2.05 bits per heavy atom. The summed E-state index contributed by atoms with van der Waals surface area (Å²) in [6.07, 6.45) is 3.24. The number of rotatable bonds is 3. The van der Waals surface area contributed by atoms with Gasteiger partial charge in [-0.2, -0.15) is 0 Å². The molecule has 6 heteroatoms. The number of pyridine rings is 1. The van der Waals surface area contributed by atoms with Gasteiger partial charge in [-0.1, -0.05) is 0 Å². The summed E-state index contributed by atoms with van der Waals surface area (Å²) in [4.78, 5) is 23.5. The smallest absolute Gasteiger partial charge is 0.354 e. The molecule has 0 aliphatic heterocycles. The van der Waals surface area contributed by atoms with E-state index in [4.69, 9.17) is 5.11 Å². The number of hydrogen-bond acceptors (Lipinski definition) is 5. The molecular weight excluding hydrogens is 256 g/mol. The van der Waals surface area contributed by atoms with Gasteiger partial charge in [-0.25, -0.2) is 14.8 Å². The Balaban J connectivity index is 2.49. The van der Waals surface area contributed by atoms with Crippen molar-refractivity contribution >= 4 is 11.8 Å². The summed E-state index contributed by atoms with van der Waals surface area (Å²) in [7, 11) is 0. The lowest BCUT2D eigenvalue weighted by atomic mass is 10.1. The van der Waals surface area contributed by atoms with Gasteiger partial charge in [0.2, 0.25) is 0 Å². The number of carbonyl (C=O) groups is 1. The quantitative estimate of drug-likeness (QED) is 0.892. The van der Waals surface area contributed by atoms with E-state index in [1.807, 2.05) is 20.8 Å². The van der Waals surface area contributed by atoms with E-state index in [9.17, 15) is 4.79 Å². The zero-order chi connectivity index (χ0) is 14.8. The number of nitrogens with zero attached hydrogens (tertiary/aromatic N) is 3. The van der Waals surface area contributed by atoms with Crippen LogP contribution in [0.3, 0.4) is 0 Å². The summed E-state index contributed by atoms with van der Waals surface area (Å²) in [5.74, 6) is -0.275. The molecular formula is C14H16N4O2. The highest BCUT2D eigenvalue weighted by Gasteiger charge is 2.15. The fraction of sp³-hybridized carbons (Fsp3) is 0.286. The van der Waals surface area contributed by atoms with Gasteiger partial charge in [0, 0.05) is 29.6 Å². The van der Waals surface area contributed by atoms with Gasteiger partial charge in [-0.3, -0.25) is 4.98 Å². The average molecular weight is 272 g/mol. The molecule has 2 heterocycles. The number of aromatic carboxylic acids is 1. The van der Waals surface area contributed by atoms with Gasteiger partial charge >= 0.3 is 5.97 Å². The second kappa shape index (κ2) is 5.24. The third kappa shape index (κ3) is 3.50. The number of carboxylic acids is 1. The number of hydrogen-bond donors (Lipinski definition) is 2. The largest absolute Gasteiger partial charge is 0.477 e. The molecule has 2 aromatic heterocycles. The normalized spacial score (nSPS) is 11.2. The van der Waals surface area contributed by atoms with E-state index in [0.717, 1.165) is 0 Å². The molecule has 0 unspecified atom stereocenters. The van der Waals surface area contributed by atoms with Crippen molar-refractivity contribution in [2.24, 2.45) is 0 Å².